The van der Waals surface area contributed by atoms with Crippen LogP contribution in [-0.4, -0.2) is 86.9 Å². The monoisotopic (exact) mass is 352 g/mol. The van der Waals surface area contributed by atoms with Crippen LogP contribution in [0.15, 0.2) is 18.5 Å². The summed E-state index contributed by atoms with van der Waals surface area (Å²) in [5.74, 6) is 0.389. The summed E-state index contributed by atoms with van der Waals surface area (Å²) in [6.45, 7) is 3.18. The summed E-state index contributed by atoms with van der Waals surface area (Å²) in [5.41, 5.74) is 1.35. The Hall–Kier alpha value is -1.67. The molecule has 3 heterocycles. The summed E-state index contributed by atoms with van der Waals surface area (Å²) in [6, 6.07) is 1.77. The Bertz CT molecular complexity index is 714. The fourth-order valence-corrected chi connectivity index (χ4v) is 5.00. The van der Waals surface area contributed by atoms with Gasteiger partial charge in [-0.3, -0.25) is 9.78 Å². The molecule has 8 heteroatoms. The Balaban J connectivity index is 1.73. The molecule has 2 saturated heterocycles. The summed E-state index contributed by atoms with van der Waals surface area (Å²) in [4.78, 5) is 22.8. The van der Waals surface area contributed by atoms with Crippen molar-refractivity contribution in [1.82, 2.24) is 14.8 Å². The largest absolute Gasteiger partial charge is 0.369 e. The SMILES string of the molecule is CN1CCN(C(=O)c2cncc(N(C)C3CCS(=O)(=O)C3)c2)CC1. The lowest BCUT2D eigenvalue weighted by atomic mass is 10.1. The van der Waals surface area contributed by atoms with Crippen LogP contribution >= 0.6 is 0 Å². The van der Waals surface area contributed by atoms with Crippen molar-refractivity contribution in [3.63, 3.8) is 0 Å². The molecule has 2 aliphatic heterocycles. The summed E-state index contributed by atoms with van der Waals surface area (Å²) in [7, 11) is 0.979. The normalized spacial score (nSPS) is 24.1. The van der Waals surface area contributed by atoms with Crippen molar-refractivity contribution in [2.45, 2.75) is 12.5 Å². The molecule has 0 aliphatic carbocycles. The van der Waals surface area contributed by atoms with Crippen LogP contribution in [0.2, 0.25) is 0 Å². The van der Waals surface area contributed by atoms with E-state index in [0.717, 1.165) is 31.9 Å². The molecule has 0 saturated carbocycles. The summed E-state index contributed by atoms with van der Waals surface area (Å²) in [6.07, 6.45) is 3.89. The number of hydrogen-bond acceptors (Lipinski definition) is 6. The first kappa shape index (κ1) is 17.2. The van der Waals surface area contributed by atoms with Gasteiger partial charge in [-0.15, -0.1) is 0 Å². The minimum absolute atomic E-state index is 0.00936. The molecule has 1 amide bonds. The molecule has 1 aromatic heterocycles. The van der Waals surface area contributed by atoms with Crippen LogP contribution in [0.4, 0.5) is 5.69 Å². The number of anilines is 1. The van der Waals surface area contributed by atoms with Gasteiger partial charge in [-0.05, 0) is 19.5 Å². The molecule has 24 heavy (non-hydrogen) atoms. The van der Waals surface area contributed by atoms with E-state index >= 15 is 0 Å². The first-order chi connectivity index (χ1) is 11.4. The first-order valence-electron chi connectivity index (χ1n) is 8.22. The maximum absolute atomic E-state index is 12.7. The maximum Gasteiger partial charge on any atom is 0.255 e. The molecule has 7 nitrogen and oxygen atoms in total. The van der Waals surface area contributed by atoms with Crippen LogP contribution < -0.4 is 4.90 Å². The fraction of sp³-hybridized carbons (Fsp3) is 0.625. The van der Waals surface area contributed by atoms with E-state index in [-0.39, 0.29) is 23.5 Å². The topological polar surface area (TPSA) is 73.8 Å². The third-order valence-electron chi connectivity index (χ3n) is 4.92. The van der Waals surface area contributed by atoms with E-state index in [9.17, 15) is 13.2 Å². The molecular formula is C16H24N4O3S. The Morgan fingerprint density at radius 3 is 2.58 bits per heavy atom. The van der Waals surface area contributed by atoms with Crippen LogP contribution in [-0.2, 0) is 9.84 Å². The van der Waals surface area contributed by atoms with E-state index in [4.69, 9.17) is 0 Å². The van der Waals surface area contributed by atoms with Crippen LogP contribution in [0.25, 0.3) is 0 Å². The summed E-state index contributed by atoms with van der Waals surface area (Å²) in [5, 5.41) is 0. The number of sulfone groups is 1. The standard InChI is InChI=1S/C16H24N4O3S/c1-18-4-6-20(7-5-18)16(21)13-9-15(11-17-10-13)19(2)14-3-8-24(22,23)12-14/h9-11,14H,3-8,12H2,1-2H3. The van der Waals surface area contributed by atoms with Gasteiger partial charge in [0.2, 0.25) is 0 Å². The second-order valence-electron chi connectivity index (χ2n) is 6.70. The van der Waals surface area contributed by atoms with E-state index in [1.54, 1.807) is 12.4 Å². The third-order valence-corrected chi connectivity index (χ3v) is 6.67. The predicted molar refractivity (Wildman–Crippen MR) is 93.1 cm³/mol. The molecule has 0 radical (unpaired) electrons. The molecule has 1 aromatic rings. The van der Waals surface area contributed by atoms with Crippen molar-refractivity contribution in [2.75, 3.05) is 56.7 Å². The third kappa shape index (κ3) is 3.70. The summed E-state index contributed by atoms with van der Waals surface area (Å²) >= 11 is 0. The number of carbonyl (C=O) groups excluding carboxylic acids is 1. The van der Waals surface area contributed by atoms with Gasteiger partial charge in [0.1, 0.15) is 0 Å². The maximum atomic E-state index is 12.7. The first-order valence-corrected chi connectivity index (χ1v) is 10.0. The molecule has 3 rings (SSSR count). The number of nitrogens with zero attached hydrogens (tertiary/aromatic N) is 4. The second-order valence-corrected chi connectivity index (χ2v) is 8.92. The number of aromatic nitrogens is 1. The molecule has 0 aromatic carbocycles. The van der Waals surface area contributed by atoms with Crippen LogP contribution in [0.1, 0.15) is 16.8 Å². The highest BCUT2D eigenvalue weighted by Crippen LogP contribution is 2.23. The van der Waals surface area contributed by atoms with Crippen LogP contribution in [0.3, 0.4) is 0 Å². The van der Waals surface area contributed by atoms with Crippen molar-refractivity contribution < 1.29 is 13.2 Å². The van der Waals surface area contributed by atoms with E-state index < -0.39 is 9.84 Å². The van der Waals surface area contributed by atoms with Gasteiger partial charge in [0.15, 0.2) is 9.84 Å². The van der Waals surface area contributed by atoms with Crippen molar-refractivity contribution in [3.8, 4) is 0 Å². The summed E-state index contributed by atoms with van der Waals surface area (Å²) < 4.78 is 23.4. The average molecular weight is 352 g/mol. The molecule has 0 spiro atoms. The van der Waals surface area contributed by atoms with Gasteiger partial charge in [-0.1, -0.05) is 0 Å². The number of rotatable bonds is 3. The van der Waals surface area contributed by atoms with Gasteiger partial charge >= 0.3 is 0 Å². The van der Waals surface area contributed by atoms with E-state index in [1.165, 1.54) is 0 Å². The highest BCUT2D eigenvalue weighted by molar-refractivity contribution is 7.91. The van der Waals surface area contributed by atoms with Gasteiger partial charge in [0.25, 0.3) is 5.91 Å². The number of amides is 1. The lowest BCUT2D eigenvalue weighted by Gasteiger charge is -2.32. The minimum Gasteiger partial charge on any atom is -0.369 e. The Morgan fingerprint density at radius 2 is 1.96 bits per heavy atom. The molecule has 0 bridgehead atoms. The Kier molecular flexibility index (Phi) is 4.78. The average Bonchev–Trinajstić information content (AvgIpc) is 2.94. The molecule has 2 aliphatic rings. The zero-order valence-electron chi connectivity index (χ0n) is 14.2. The van der Waals surface area contributed by atoms with E-state index in [0.29, 0.717) is 12.0 Å². The number of likely N-dealkylation sites (N-methyl/N-ethyl adjacent to an activating group) is 1. The van der Waals surface area contributed by atoms with Crippen molar-refractivity contribution in [3.05, 3.63) is 24.0 Å². The van der Waals surface area contributed by atoms with Crippen molar-refractivity contribution >= 4 is 21.4 Å². The Morgan fingerprint density at radius 1 is 1.25 bits per heavy atom. The number of hydrogen-bond donors (Lipinski definition) is 0. The van der Waals surface area contributed by atoms with Crippen molar-refractivity contribution in [2.24, 2.45) is 0 Å². The highest BCUT2D eigenvalue weighted by atomic mass is 32.2. The van der Waals surface area contributed by atoms with Gasteiger partial charge in [-0.25, -0.2) is 8.42 Å². The molecule has 1 atom stereocenters. The lowest BCUT2D eigenvalue weighted by molar-refractivity contribution is 0.0663. The highest BCUT2D eigenvalue weighted by Gasteiger charge is 2.31. The predicted octanol–water partition coefficient (Wildman–Crippen LogP) is 0.0925. The van der Waals surface area contributed by atoms with Gasteiger partial charge in [-0.2, -0.15) is 0 Å². The lowest BCUT2D eigenvalue weighted by Crippen LogP contribution is -2.47. The van der Waals surface area contributed by atoms with Crippen LogP contribution in [0.5, 0.6) is 0 Å². The fourth-order valence-electron chi connectivity index (χ4n) is 3.22. The van der Waals surface area contributed by atoms with Crippen LogP contribution in [0, 0.1) is 0 Å². The number of piperazine rings is 1. The van der Waals surface area contributed by atoms with Gasteiger partial charge < -0.3 is 14.7 Å². The number of carbonyl (C=O) groups is 1. The quantitative estimate of drug-likeness (QED) is 0.768. The Labute approximate surface area is 143 Å². The van der Waals surface area contributed by atoms with E-state index in [2.05, 4.69) is 16.9 Å². The molecule has 132 valence electrons. The number of pyridine rings is 1. The van der Waals surface area contributed by atoms with Gasteiger partial charge in [0.05, 0.1) is 29.0 Å². The molecular weight excluding hydrogens is 328 g/mol. The van der Waals surface area contributed by atoms with Gasteiger partial charge in [0, 0.05) is 45.5 Å². The molecule has 1 unspecified atom stereocenters. The molecule has 0 N–H and O–H groups in total. The van der Waals surface area contributed by atoms with Crippen molar-refractivity contribution in [1.29, 1.82) is 0 Å². The molecule has 2 fully saturated rings. The second kappa shape index (κ2) is 6.68. The van der Waals surface area contributed by atoms with E-state index in [1.807, 2.05) is 22.9 Å². The zero-order valence-corrected chi connectivity index (χ0v) is 15.0. The minimum atomic E-state index is -2.94. The zero-order chi connectivity index (χ0) is 17.3. The smallest absolute Gasteiger partial charge is 0.255 e.